The number of piperidine rings is 1. The predicted octanol–water partition coefficient (Wildman–Crippen LogP) is 1.62. The summed E-state index contributed by atoms with van der Waals surface area (Å²) in [4.78, 5) is -0.247. The molecule has 9 heteroatoms. The lowest BCUT2D eigenvalue weighted by atomic mass is 10.1. The van der Waals surface area contributed by atoms with Crippen LogP contribution in [0.1, 0.15) is 12.8 Å². The molecule has 2 rings (SSSR count). The Morgan fingerprint density at radius 3 is 2.52 bits per heavy atom. The number of ether oxygens (including phenoxy) is 1. The Bertz CT molecular complexity index is 584. The zero-order chi connectivity index (χ0) is 15.5. The van der Waals surface area contributed by atoms with Crippen molar-refractivity contribution in [1.82, 2.24) is 10.0 Å². The van der Waals surface area contributed by atoms with Crippen LogP contribution >= 0.6 is 0 Å². The van der Waals surface area contributed by atoms with E-state index < -0.39 is 22.1 Å². The van der Waals surface area contributed by atoms with Gasteiger partial charge in [0.1, 0.15) is 5.75 Å². The van der Waals surface area contributed by atoms with Gasteiger partial charge in [0, 0.05) is 12.1 Å². The van der Waals surface area contributed by atoms with Crippen LogP contribution < -0.4 is 14.8 Å². The van der Waals surface area contributed by atoms with Crippen molar-refractivity contribution < 1.29 is 26.3 Å². The number of alkyl halides is 3. The minimum Gasteiger partial charge on any atom is -0.406 e. The standard InChI is InChI=1S/C12H15F3N2O3S/c13-12(14,15)20-10-2-1-3-11(8-10)21(18,19)17-9-4-6-16-7-5-9/h1-3,8-9,16-17H,4-7H2. The predicted molar refractivity (Wildman–Crippen MR) is 69.3 cm³/mol. The zero-order valence-corrected chi connectivity index (χ0v) is 11.8. The quantitative estimate of drug-likeness (QED) is 0.883. The minimum absolute atomic E-state index is 0.219. The molecule has 1 heterocycles. The Labute approximate surface area is 120 Å². The second-order valence-electron chi connectivity index (χ2n) is 4.67. The number of hydrogen-bond donors (Lipinski definition) is 2. The molecule has 5 nitrogen and oxygen atoms in total. The van der Waals surface area contributed by atoms with Crippen LogP contribution in [0.2, 0.25) is 0 Å². The molecular weight excluding hydrogens is 309 g/mol. The van der Waals surface area contributed by atoms with Crippen molar-refractivity contribution in [3.8, 4) is 5.75 Å². The van der Waals surface area contributed by atoms with Crippen LogP contribution in [0, 0.1) is 0 Å². The Balaban J connectivity index is 2.13. The fraction of sp³-hybridized carbons (Fsp3) is 0.500. The van der Waals surface area contributed by atoms with Crippen LogP contribution in [0.25, 0.3) is 0 Å². The largest absolute Gasteiger partial charge is 0.573 e. The van der Waals surface area contributed by atoms with Gasteiger partial charge < -0.3 is 10.1 Å². The number of sulfonamides is 1. The van der Waals surface area contributed by atoms with E-state index in [9.17, 15) is 21.6 Å². The fourth-order valence-corrected chi connectivity index (χ4v) is 3.41. The van der Waals surface area contributed by atoms with E-state index in [4.69, 9.17) is 0 Å². The topological polar surface area (TPSA) is 67.4 Å². The minimum atomic E-state index is -4.86. The van der Waals surface area contributed by atoms with E-state index in [0.29, 0.717) is 25.9 Å². The summed E-state index contributed by atoms with van der Waals surface area (Å²) < 4.78 is 67.0. The van der Waals surface area contributed by atoms with Gasteiger partial charge in [0.2, 0.25) is 10.0 Å². The average molecular weight is 324 g/mol. The second-order valence-corrected chi connectivity index (χ2v) is 6.38. The highest BCUT2D eigenvalue weighted by atomic mass is 32.2. The summed E-state index contributed by atoms with van der Waals surface area (Å²) >= 11 is 0. The van der Waals surface area contributed by atoms with Gasteiger partial charge in [0.15, 0.2) is 0 Å². The lowest BCUT2D eigenvalue weighted by molar-refractivity contribution is -0.274. The summed E-state index contributed by atoms with van der Waals surface area (Å²) in [5, 5.41) is 3.10. The average Bonchev–Trinajstić information content (AvgIpc) is 2.37. The van der Waals surface area contributed by atoms with Gasteiger partial charge in [-0.15, -0.1) is 13.2 Å². The molecule has 1 aromatic rings. The van der Waals surface area contributed by atoms with Crippen molar-refractivity contribution in [2.45, 2.75) is 30.1 Å². The molecule has 0 atom stereocenters. The normalized spacial score (nSPS) is 17.7. The van der Waals surface area contributed by atoms with Crippen molar-refractivity contribution in [3.63, 3.8) is 0 Å². The molecule has 1 aliphatic heterocycles. The number of hydrogen-bond acceptors (Lipinski definition) is 4. The van der Waals surface area contributed by atoms with E-state index >= 15 is 0 Å². The van der Waals surface area contributed by atoms with Crippen molar-refractivity contribution in [2.24, 2.45) is 0 Å². The van der Waals surface area contributed by atoms with Crippen molar-refractivity contribution in [1.29, 1.82) is 0 Å². The lowest BCUT2D eigenvalue weighted by Gasteiger charge is -2.23. The first-order valence-corrected chi connectivity index (χ1v) is 7.83. The molecule has 1 fully saturated rings. The van der Waals surface area contributed by atoms with Crippen LogP contribution in [0.4, 0.5) is 13.2 Å². The third-order valence-electron chi connectivity index (χ3n) is 3.01. The monoisotopic (exact) mass is 324 g/mol. The van der Waals surface area contributed by atoms with Crippen LogP contribution in [-0.4, -0.2) is 33.9 Å². The van der Waals surface area contributed by atoms with Crippen molar-refractivity contribution in [2.75, 3.05) is 13.1 Å². The first-order valence-electron chi connectivity index (χ1n) is 6.35. The number of benzene rings is 1. The molecular formula is C12H15F3N2O3S. The van der Waals surface area contributed by atoms with E-state index in [1.54, 1.807) is 0 Å². The van der Waals surface area contributed by atoms with Gasteiger partial charge in [0.05, 0.1) is 4.90 Å². The van der Waals surface area contributed by atoms with Crippen molar-refractivity contribution in [3.05, 3.63) is 24.3 Å². The maximum absolute atomic E-state index is 12.1. The molecule has 0 saturated carbocycles. The van der Waals surface area contributed by atoms with Gasteiger partial charge in [-0.2, -0.15) is 0 Å². The highest BCUT2D eigenvalue weighted by Crippen LogP contribution is 2.25. The highest BCUT2D eigenvalue weighted by Gasteiger charge is 2.31. The number of rotatable bonds is 4. The second kappa shape index (κ2) is 6.20. The summed E-state index contributed by atoms with van der Waals surface area (Å²) in [6.45, 7) is 1.40. The van der Waals surface area contributed by atoms with E-state index in [1.165, 1.54) is 12.1 Å². The molecule has 0 amide bonds. The lowest BCUT2D eigenvalue weighted by Crippen LogP contribution is -2.42. The molecule has 0 unspecified atom stereocenters. The highest BCUT2D eigenvalue weighted by molar-refractivity contribution is 7.89. The molecule has 0 spiro atoms. The summed E-state index contributed by atoms with van der Waals surface area (Å²) in [6.07, 6.45) is -3.58. The summed E-state index contributed by atoms with van der Waals surface area (Å²) in [6, 6.07) is 4.13. The van der Waals surface area contributed by atoms with Crippen LogP contribution in [0.15, 0.2) is 29.2 Å². The molecule has 0 aromatic heterocycles. The maximum Gasteiger partial charge on any atom is 0.573 e. The van der Waals surface area contributed by atoms with E-state index in [1.807, 2.05) is 0 Å². The fourth-order valence-electron chi connectivity index (χ4n) is 2.07. The Morgan fingerprint density at radius 2 is 1.90 bits per heavy atom. The van der Waals surface area contributed by atoms with Gasteiger partial charge in [-0.1, -0.05) is 6.07 Å². The Kier molecular flexibility index (Phi) is 4.74. The molecule has 1 aliphatic rings. The molecule has 0 bridgehead atoms. The molecule has 0 radical (unpaired) electrons. The van der Waals surface area contributed by atoms with E-state index in [-0.39, 0.29) is 10.9 Å². The molecule has 1 saturated heterocycles. The van der Waals surface area contributed by atoms with Crippen molar-refractivity contribution >= 4 is 10.0 Å². The third-order valence-corrected chi connectivity index (χ3v) is 4.53. The summed E-state index contributed by atoms with van der Waals surface area (Å²) in [5.74, 6) is -0.560. The third kappa shape index (κ3) is 4.87. The maximum atomic E-state index is 12.1. The summed E-state index contributed by atoms with van der Waals surface area (Å²) in [7, 11) is -3.86. The SMILES string of the molecule is O=S(=O)(NC1CCNCC1)c1cccc(OC(F)(F)F)c1. The van der Waals surface area contributed by atoms with E-state index in [2.05, 4.69) is 14.8 Å². The van der Waals surface area contributed by atoms with Crippen LogP contribution in [0.5, 0.6) is 5.75 Å². The smallest absolute Gasteiger partial charge is 0.406 e. The van der Waals surface area contributed by atoms with Gasteiger partial charge in [-0.05, 0) is 38.1 Å². The molecule has 0 aliphatic carbocycles. The molecule has 118 valence electrons. The molecule has 21 heavy (non-hydrogen) atoms. The molecule has 2 N–H and O–H groups in total. The number of halogens is 3. The van der Waals surface area contributed by atoms with Gasteiger partial charge in [0.25, 0.3) is 0 Å². The molecule has 1 aromatic carbocycles. The van der Waals surface area contributed by atoms with Gasteiger partial charge >= 0.3 is 6.36 Å². The summed E-state index contributed by atoms with van der Waals surface area (Å²) in [5.41, 5.74) is 0. The van der Waals surface area contributed by atoms with Gasteiger partial charge in [-0.25, -0.2) is 13.1 Å². The van der Waals surface area contributed by atoms with Gasteiger partial charge in [-0.3, -0.25) is 0 Å². The first kappa shape index (κ1) is 16.1. The number of nitrogens with one attached hydrogen (secondary N) is 2. The zero-order valence-electron chi connectivity index (χ0n) is 11.0. The van der Waals surface area contributed by atoms with E-state index in [0.717, 1.165) is 12.1 Å². The Hall–Kier alpha value is -1.32. The van der Waals surface area contributed by atoms with Crippen LogP contribution in [-0.2, 0) is 10.0 Å². The van der Waals surface area contributed by atoms with Crippen LogP contribution in [0.3, 0.4) is 0 Å². The first-order chi connectivity index (χ1) is 9.76. The Morgan fingerprint density at radius 1 is 1.24 bits per heavy atom.